The summed E-state index contributed by atoms with van der Waals surface area (Å²) in [5.74, 6) is 0.907. The number of carbonyl (C=O) groups excluding carboxylic acids is 1. The third kappa shape index (κ3) is 4.07. The monoisotopic (exact) mass is 411 g/mol. The zero-order valence-electron chi connectivity index (χ0n) is 17.5. The summed E-state index contributed by atoms with van der Waals surface area (Å²) in [4.78, 5) is 29.8. The minimum atomic E-state index is -0.107. The summed E-state index contributed by atoms with van der Waals surface area (Å²) in [5.41, 5.74) is 2.85. The number of likely N-dealkylation sites (N-methyl/N-ethyl adjacent to an activating group) is 1. The first-order chi connectivity index (χ1) is 15.2. The number of aromatic nitrogens is 3. The maximum Gasteiger partial charge on any atom is 0.229 e. The van der Waals surface area contributed by atoms with Gasteiger partial charge in [0.05, 0.1) is 18.3 Å². The average molecular weight is 412 g/mol. The summed E-state index contributed by atoms with van der Waals surface area (Å²) >= 11 is 0. The van der Waals surface area contributed by atoms with Gasteiger partial charge in [0.25, 0.3) is 0 Å². The van der Waals surface area contributed by atoms with E-state index in [1.165, 1.54) is 10.8 Å². The minimum absolute atomic E-state index is 0.0838. The highest BCUT2D eigenvalue weighted by molar-refractivity contribution is 5.86. The number of rotatable bonds is 4. The molecule has 1 amide bonds. The fraction of sp³-hybridized carbons (Fsp3) is 0.240. The van der Waals surface area contributed by atoms with E-state index in [-0.39, 0.29) is 11.9 Å². The van der Waals surface area contributed by atoms with Crippen LogP contribution in [0.25, 0.3) is 22.0 Å². The first kappa shape index (κ1) is 19.5. The molecule has 3 heterocycles. The van der Waals surface area contributed by atoms with E-state index in [0.717, 1.165) is 35.9 Å². The average Bonchev–Trinajstić information content (AvgIpc) is 3.29. The van der Waals surface area contributed by atoms with Crippen LogP contribution < -0.4 is 0 Å². The number of benzene rings is 2. The van der Waals surface area contributed by atoms with E-state index in [2.05, 4.69) is 57.2 Å². The second-order valence-corrected chi connectivity index (χ2v) is 8.11. The van der Waals surface area contributed by atoms with Gasteiger partial charge in [0.15, 0.2) is 0 Å². The van der Waals surface area contributed by atoms with Gasteiger partial charge in [0, 0.05) is 37.1 Å². The summed E-state index contributed by atoms with van der Waals surface area (Å²) in [6.07, 6.45) is 3.90. The first-order valence-electron chi connectivity index (χ1n) is 10.6. The van der Waals surface area contributed by atoms with Gasteiger partial charge in [-0.05, 0) is 36.0 Å². The molecule has 0 bridgehead atoms. The molecule has 0 aliphatic carbocycles. The number of fused-ring (bicyclic) bond motifs is 1. The fourth-order valence-electron chi connectivity index (χ4n) is 4.22. The molecule has 1 fully saturated rings. The topological polar surface area (TPSA) is 65.1 Å². The fourth-order valence-corrected chi connectivity index (χ4v) is 4.22. The molecule has 1 saturated heterocycles. The molecule has 1 N–H and O–H groups in total. The van der Waals surface area contributed by atoms with Gasteiger partial charge in [0.2, 0.25) is 5.91 Å². The van der Waals surface area contributed by atoms with Gasteiger partial charge in [-0.25, -0.2) is 4.98 Å². The lowest BCUT2D eigenvalue weighted by molar-refractivity contribution is -0.135. The Labute approximate surface area is 181 Å². The lowest BCUT2D eigenvalue weighted by Gasteiger charge is -2.39. The molecule has 156 valence electrons. The maximum atomic E-state index is 13.1. The summed E-state index contributed by atoms with van der Waals surface area (Å²) in [6, 6.07) is 20.3. The van der Waals surface area contributed by atoms with Crippen molar-refractivity contribution < 1.29 is 4.79 Å². The zero-order chi connectivity index (χ0) is 21.2. The normalized spacial score (nSPS) is 17.2. The second-order valence-electron chi connectivity index (χ2n) is 8.11. The molecule has 0 saturated carbocycles. The number of hydrogen-bond acceptors (Lipinski definition) is 4. The van der Waals surface area contributed by atoms with Crippen LogP contribution >= 0.6 is 0 Å². The second kappa shape index (κ2) is 8.32. The first-order valence-corrected chi connectivity index (χ1v) is 10.6. The standard InChI is InChI=1S/C25H25N5O/c1-29-12-13-30(24(31)15-21-8-4-5-11-26-21)23(17-29)25-27-16-22(28-25)20-10-9-18-6-2-3-7-19(18)14-20/h2-11,14,16,23H,12-13,15,17H2,1H3,(H,27,28). The molecule has 1 unspecified atom stereocenters. The van der Waals surface area contributed by atoms with Crippen LogP contribution in [0, 0.1) is 0 Å². The van der Waals surface area contributed by atoms with Crippen molar-refractivity contribution in [1.82, 2.24) is 24.8 Å². The number of carbonyl (C=O) groups is 1. The van der Waals surface area contributed by atoms with Gasteiger partial charge in [-0.2, -0.15) is 0 Å². The number of amides is 1. The van der Waals surface area contributed by atoms with Gasteiger partial charge >= 0.3 is 0 Å². The molecule has 0 spiro atoms. The molecule has 31 heavy (non-hydrogen) atoms. The van der Waals surface area contributed by atoms with E-state index in [1.807, 2.05) is 41.4 Å². The molecule has 1 aliphatic rings. The van der Waals surface area contributed by atoms with Crippen LogP contribution in [0.1, 0.15) is 17.6 Å². The Bertz CT molecular complexity index is 1200. The van der Waals surface area contributed by atoms with Gasteiger partial charge in [-0.3, -0.25) is 9.78 Å². The van der Waals surface area contributed by atoms with E-state index in [1.54, 1.807) is 6.20 Å². The van der Waals surface area contributed by atoms with Crippen molar-refractivity contribution >= 4 is 16.7 Å². The van der Waals surface area contributed by atoms with Crippen molar-refractivity contribution in [3.8, 4) is 11.3 Å². The largest absolute Gasteiger partial charge is 0.340 e. The lowest BCUT2D eigenvalue weighted by atomic mass is 10.1. The van der Waals surface area contributed by atoms with Crippen molar-refractivity contribution in [2.45, 2.75) is 12.5 Å². The highest BCUT2D eigenvalue weighted by atomic mass is 16.2. The van der Waals surface area contributed by atoms with Crippen LogP contribution in [0.3, 0.4) is 0 Å². The van der Waals surface area contributed by atoms with Crippen LogP contribution in [0.2, 0.25) is 0 Å². The smallest absolute Gasteiger partial charge is 0.229 e. The Hall–Kier alpha value is -3.51. The number of aromatic amines is 1. The molecule has 1 aliphatic heterocycles. The van der Waals surface area contributed by atoms with Crippen molar-refractivity contribution in [3.05, 3.63) is 84.6 Å². The van der Waals surface area contributed by atoms with E-state index >= 15 is 0 Å². The number of pyridine rings is 1. The number of piperazine rings is 1. The van der Waals surface area contributed by atoms with E-state index in [9.17, 15) is 4.79 Å². The zero-order valence-corrected chi connectivity index (χ0v) is 17.5. The number of imidazole rings is 1. The predicted octanol–water partition coefficient (Wildman–Crippen LogP) is 3.68. The van der Waals surface area contributed by atoms with Crippen molar-refractivity contribution in [1.29, 1.82) is 0 Å². The van der Waals surface area contributed by atoms with Crippen molar-refractivity contribution in [3.63, 3.8) is 0 Å². The van der Waals surface area contributed by atoms with Crippen molar-refractivity contribution in [2.24, 2.45) is 0 Å². The molecule has 2 aromatic heterocycles. The van der Waals surface area contributed by atoms with E-state index < -0.39 is 0 Å². The van der Waals surface area contributed by atoms with Gasteiger partial charge in [-0.1, -0.05) is 42.5 Å². The number of nitrogens with zero attached hydrogens (tertiary/aromatic N) is 4. The Balaban J connectivity index is 1.41. The number of H-pyrrole nitrogens is 1. The highest BCUT2D eigenvalue weighted by Crippen LogP contribution is 2.28. The molecule has 6 heteroatoms. The van der Waals surface area contributed by atoms with Crippen LogP contribution in [0.15, 0.2) is 73.1 Å². The summed E-state index contributed by atoms with van der Waals surface area (Å²) in [5, 5.41) is 2.41. The third-order valence-corrected chi connectivity index (χ3v) is 5.93. The van der Waals surface area contributed by atoms with Crippen LogP contribution in [-0.2, 0) is 11.2 Å². The Morgan fingerprint density at radius 1 is 1.03 bits per heavy atom. The lowest BCUT2D eigenvalue weighted by Crippen LogP contribution is -2.50. The Morgan fingerprint density at radius 2 is 1.87 bits per heavy atom. The summed E-state index contributed by atoms with van der Waals surface area (Å²) in [6.45, 7) is 2.28. The van der Waals surface area contributed by atoms with E-state index in [0.29, 0.717) is 13.0 Å². The van der Waals surface area contributed by atoms with Crippen molar-refractivity contribution in [2.75, 3.05) is 26.7 Å². The quantitative estimate of drug-likeness (QED) is 0.556. The Morgan fingerprint density at radius 3 is 2.71 bits per heavy atom. The molecular formula is C25H25N5O. The number of hydrogen-bond donors (Lipinski definition) is 1. The molecule has 6 nitrogen and oxygen atoms in total. The molecular weight excluding hydrogens is 386 g/mol. The van der Waals surface area contributed by atoms with Crippen LogP contribution in [-0.4, -0.2) is 57.3 Å². The summed E-state index contributed by atoms with van der Waals surface area (Å²) < 4.78 is 0. The van der Waals surface area contributed by atoms with Gasteiger partial charge in [0.1, 0.15) is 11.9 Å². The highest BCUT2D eigenvalue weighted by Gasteiger charge is 2.32. The molecule has 1 atom stereocenters. The molecule has 5 rings (SSSR count). The maximum absolute atomic E-state index is 13.1. The van der Waals surface area contributed by atoms with Gasteiger partial charge < -0.3 is 14.8 Å². The predicted molar refractivity (Wildman–Crippen MR) is 121 cm³/mol. The molecule has 0 radical (unpaired) electrons. The summed E-state index contributed by atoms with van der Waals surface area (Å²) in [7, 11) is 2.08. The van der Waals surface area contributed by atoms with Crippen LogP contribution in [0.5, 0.6) is 0 Å². The molecule has 4 aromatic rings. The Kier molecular flexibility index (Phi) is 5.22. The van der Waals surface area contributed by atoms with Crippen LogP contribution in [0.4, 0.5) is 0 Å². The SMILES string of the molecule is CN1CCN(C(=O)Cc2ccccn2)C(c2ncc(-c3ccc4ccccc4c3)[nH]2)C1. The molecule has 2 aromatic carbocycles. The van der Waals surface area contributed by atoms with E-state index in [4.69, 9.17) is 0 Å². The van der Waals surface area contributed by atoms with Gasteiger partial charge in [-0.15, -0.1) is 0 Å². The number of nitrogens with one attached hydrogen (secondary N) is 1. The third-order valence-electron chi connectivity index (χ3n) is 5.93. The minimum Gasteiger partial charge on any atom is -0.340 e.